The van der Waals surface area contributed by atoms with Crippen molar-refractivity contribution in [1.82, 2.24) is 16.2 Å². The van der Waals surface area contributed by atoms with Crippen LogP contribution in [0.15, 0.2) is 42.5 Å². The third-order valence-electron chi connectivity index (χ3n) is 4.96. The number of benzene rings is 2. The van der Waals surface area contributed by atoms with Gasteiger partial charge in [0.2, 0.25) is 5.91 Å². The summed E-state index contributed by atoms with van der Waals surface area (Å²) in [5, 5.41) is 2.62. The maximum Gasteiger partial charge on any atom is 0.220 e. The molecule has 1 aliphatic rings. The van der Waals surface area contributed by atoms with Crippen LogP contribution < -0.4 is 20.9 Å². The van der Waals surface area contributed by atoms with Gasteiger partial charge in [0, 0.05) is 30.5 Å². The van der Waals surface area contributed by atoms with Crippen LogP contribution in [0.2, 0.25) is 0 Å². The Morgan fingerprint density at radius 1 is 1.11 bits per heavy atom. The van der Waals surface area contributed by atoms with E-state index in [1.54, 1.807) is 7.11 Å². The van der Waals surface area contributed by atoms with E-state index in [1.807, 2.05) is 31.2 Å². The first-order valence-corrected chi connectivity index (χ1v) is 8.84. The third-order valence-corrected chi connectivity index (χ3v) is 4.96. The third kappa shape index (κ3) is 4.43. The quantitative estimate of drug-likeness (QED) is 0.727. The van der Waals surface area contributed by atoms with Crippen LogP contribution in [0, 0.1) is 17.6 Å². The molecule has 7 heteroatoms. The van der Waals surface area contributed by atoms with Crippen LogP contribution in [0.1, 0.15) is 30.5 Å². The van der Waals surface area contributed by atoms with E-state index in [9.17, 15) is 13.6 Å². The molecule has 0 bridgehead atoms. The Morgan fingerprint density at radius 3 is 2.41 bits per heavy atom. The van der Waals surface area contributed by atoms with Crippen LogP contribution >= 0.6 is 0 Å². The van der Waals surface area contributed by atoms with Gasteiger partial charge in [0.15, 0.2) is 0 Å². The second-order valence-corrected chi connectivity index (χ2v) is 6.67. The fourth-order valence-electron chi connectivity index (χ4n) is 3.33. The molecule has 1 fully saturated rings. The molecule has 27 heavy (non-hydrogen) atoms. The van der Waals surface area contributed by atoms with Crippen molar-refractivity contribution >= 4 is 5.91 Å². The van der Waals surface area contributed by atoms with Crippen LogP contribution in [0.5, 0.6) is 5.75 Å². The normalized spacial score (nSPS) is 21.9. The molecule has 144 valence electrons. The molecule has 2 aromatic rings. The predicted molar refractivity (Wildman–Crippen MR) is 97.8 cm³/mol. The standard InChI is InChI=1S/C20H23F2N3O2/c1-12-15(20(25-24-12)13-6-8-14(27-2)9-7-13)10-19(26)23-11-16-17(21)4-3-5-18(16)22/h3-9,12,15,20,24-25H,10-11H2,1-2H3,(H,23,26). The van der Waals surface area contributed by atoms with E-state index in [-0.39, 0.29) is 42.4 Å². The number of nitrogens with one attached hydrogen (secondary N) is 3. The maximum atomic E-state index is 13.7. The molecule has 2 aromatic carbocycles. The van der Waals surface area contributed by atoms with Gasteiger partial charge in [-0.05, 0) is 36.8 Å². The lowest BCUT2D eigenvalue weighted by Gasteiger charge is -2.21. The predicted octanol–water partition coefficient (Wildman–Crippen LogP) is 2.83. The zero-order valence-corrected chi connectivity index (χ0v) is 15.3. The molecule has 3 rings (SSSR count). The average Bonchev–Trinajstić information content (AvgIpc) is 3.02. The summed E-state index contributed by atoms with van der Waals surface area (Å²) in [7, 11) is 1.61. The molecular formula is C20H23F2N3O2. The maximum absolute atomic E-state index is 13.7. The van der Waals surface area contributed by atoms with Crippen LogP contribution in [-0.2, 0) is 11.3 Å². The molecule has 3 unspecified atom stereocenters. The Morgan fingerprint density at radius 2 is 1.78 bits per heavy atom. The van der Waals surface area contributed by atoms with E-state index in [1.165, 1.54) is 18.2 Å². The molecule has 0 spiro atoms. The molecule has 1 saturated heterocycles. The van der Waals surface area contributed by atoms with E-state index < -0.39 is 11.6 Å². The molecule has 3 atom stereocenters. The first-order chi connectivity index (χ1) is 13.0. The van der Waals surface area contributed by atoms with Gasteiger partial charge >= 0.3 is 0 Å². The summed E-state index contributed by atoms with van der Waals surface area (Å²) in [6.07, 6.45) is 0.230. The largest absolute Gasteiger partial charge is 0.497 e. The Bertz CT molecular complexity index is 778. The molecule has 0 radical (unpaired) electrons. The summed E-state index contributed by atoms with van der Waals surface area (Å²) >= 11 is 0. The van der Waals surface area contributed by atoms with Crippen LogP contribution in [0.3, 0.4) is 0 Å². The Balaban J connectivity index is 1.64. The highest BCUT2D eigenvalue weighted by molar-refractivity contribution is 5.76. The van der Waals surface area contributed by atoms with Gasteiger partial charge in [-0.3, -0.25) is 10.2 Å². The topological polar surface area (TPSA) is 62.4 Å². The Kier molecular flexibility index (Phi) is 6.03. The number of ether oxygens (including phenoxy) is 1. The SMILES string of the molecule is COc1ccc(C2NNC(C)C2CC(=O)NCc2c(F)cccc2F)cc1. The summed E-state index contributed by atoms with van der Waals surface area (Å²) in [4.78, 5) is 12.4. The van der Waals surface area contributed by atoms with E-state index in [0.717, 1.165) is 11.3 Å². The minimum absolute atomic E-state index is 0.0103. The highest BCUT2D eigenvalue weighted by Gasteiger charge is 2.35. The van der Waals surface area contributed by atoms with Crippen molar-refractivity contribution in [3.05, 3.63) is 65.2 Å². The van der Waals surface area contributed by atoms with Crippen molar-refractivity contribution in [2.24, 2.45) is 5.92 Å². The van der Waals surface area contributed by atoms with Gasteiger partial charge in [0.25, 0.3) is 0 Å². The Hall–Kier alpha value is -2.51. The van der Waals surface area contributed by atoms with Crippen LogP contribution in [0.25, 0.3) is 0 Å². The highest BCUT2D eigenvalue weighted by atomic mass is 19.1. The van der Waals surface area contributed by atoms with Crippen molar-refractivity contribution in [2.75, 3.05) is 7.11 Å². The molecule has 1 aliphatic heterocycles. The molecule has 0 saturated carbocycles. The van der Waals surface area contributed by atoms with Crippen molar-refractivity contribution in [3.63, 3.8) is 0 Å². The Labute approximate surface area is 157 Å². The summed E-state index contributed by atoms with van der Waals surface area (Å²) in [6.45, 7) is 1.82. The fourth-order valence-corrected chi connectivity index (χ4v) is 3.33. The average molecular weight is 375 g/mol. The van der Waals surface area contributed by atoms with Gasteiger partial charge in [0.1, 0.15) is 17.4 Å². The highest BCUT2D eigenvalue weighted by Crippen LogP contribution is 2.32. The first-order valence-electron chi connectivity index (χ1n) is 8.84. The van der Waals surface area contributed by atoms with Crippen molar-refractivity contribution in [2.45, 2.75) is 32.0 Å². The van der Waals surface area contributed by atoms with Crippen molar-refractivity contribution in [3.8, 4) is 5.75 Å². The lowest BCUT2D eigenvalue weighted by Crippen LogP contribution is -2.31. The van der Waals surface area contributed by atoms with E-state index >= 15 is 0 Å². The minimum atomic E-state index is -0.663. The number of hydrogen-bond donors (Lipinski definition) is 3. The van der Waals surface area contributed by atoms with E-state index in [0.29, 0.717) is 0 Å². The number of rotatable bonds is 6. The summed E-state index contributed by atoms with van der Waals surface area (Å²) in [6, 6.07) is 11.3. The lowest BCUT2D eigenvalue weighted by atomic mass is 9.87. The summed E-state index contributed by atoms with van der Waals surface area (Å²) in [5.41, 5.74) is 7.28. The van der Waals surface area contributed by atoms with Crippen LogP contribution in [0.4, 0.5) is 8.78 Å². The molecule has 0 aromatic heterocycles. The molecule has 1 heterocycles. The minimum Gasteiger partial charge on any atom is -0.497 e. The number of methoxy groups -OCH3 is 1. The molecule has 5 nitrogen and oxygen atoms in total. The van der Waals surface area contributed by atoms with Gasteiger partial charge in [-0.1, -0.05) is 18.2 Å². The number of carbonyl (C=O) groups is 1. The molecular weight excluding hydrogens is 352 g/mol. The molecule has 0 aliphatic carbocycles. The number of amides is 1. The van der Waals surface area contributed by atoms with E-state index in [4.69, 9.17) is 4.74 Å². The van der Waals surface area contributed by atoms with Crippen molar-refractivity contribution in [1.29, 1.82) is 0 Å². The van der Waals surface area contributed by atoms with Crippen LogP contribution in [-0.4, -0.2) is 19.1 Å². The zero-order chi connectivity index (χ0) is 19.4. The summed E-state index contributed by atoms with van der Waals surface area (Å²) < 4.78 is 32.6. The first kappa shape index (κ1) is 19.3. The second kappa shape index (κ2) is 8.45. The number of hydrogen-bond acceptors (Lipinski definition) is 4. The fraction of sp³-hybridized carbons (Fsp3) is 0.350. The number of hydrazine groups is 1. The van der Waals surface area contributed by atoms with E-state index in [2.05, 4.69) is 16.2 Å². The van der Waals surface area contributed by atoms with Gasteiger partial charge in [0.05, 0.1) is 13.2 Å². The van der Waals surface area contributed by atoms with Gasteiger partial charge < -0.3 is 10.1 Å². The lowest BCUT2D eigenvalue weighted by molar-refractivity contribution is -0.122. The smallest absolute Gasteiger partial charge is 0.220 e. The van der Waals surface area contributed by atoms with Gasteiger partial charge in [-0.25, -0.2) is 14.2 Å². The van der Waals surface area contributed by atoms with Gasteiger partial charge in [-0.15, -0.1) is 0 Å². The molecule has 3 N–H and O–H groups in total. The second-order valence-electron chi connectivity index (χ2n) is 6.67. The number of carbonyl (C=O) groups excluding carboxylic acids is 1. The van der Waals surface area contributed by atoms with Crippen molar-refractivity contribution < 1.29 is 18.3 Å². The van der Waals surface area contributed by atoms with Gasteiger partial charge in [-0.2, -0.15) is 0 Å². The number of halogens is 2. The monoisotopic (exact) mass is 375 g/mol. The summed E-state index contributed by atoms with van der Waals surface area (Å²) in [5.74, 6) is -0.825. The zero-order valence-electron chi connectivity index (χ0n) is 15.3. The molecule has 1 amide bonds.